The fourth-order valence-corrected chi connectivity index (χ4v) is 0.699. The molecule has 0 aliphatic rings. The Hall–Kier alpha value is -0.520. The van der Waals surface area contributed by atoms with Gasteiger partial charge < -0.3 is 0 Å². The van der Waals surface area contributed by atoms with Crippen LogP contribution in [0.5, 0.6) is 0 Å². The summed E-state index contributed by atoms with van der Waals surface area (Å²) in [6.45, 7) is 11.8. The van der Waals surface area contributed by atoms with E-state index >= 15 is 0 Å². The second kappa shape index (κ2) is 5.28. The van der Waals surface area contributed by atoms with E-state index in [-0.39, 0.29) is 0 Å². The number of rotatable bonds is 4. The van der Waals surface area contributed by atoms with Gasteiger partial charge in [-0.15, -0.1) is 0 Å². The monoisotopic (exact) mass is 137 g/mol. The van der Waals surface area contributed by atoms with Crippen LogP contribution in [0.3, 0.4) is 0 Å². The first kappa shape index (κ1) is 9.48. The maximum Gasteiger partial charge on any atom is -0.0345 e. The van der Waals surface area contributed by atoms with Gasteiger partial charge >= 0.3 is 0 Å². The molecular formula is C10H17. The van der Waals surface area contributed by atoms with Crippen LogP contribution in [-0.4, -0.2) is 0 Å². The minimum absolute atomic E-state index is 0.794. The molecule has 0 amide bonds. The first-order valence-electron chi connectivity index (χ1n) is 3.88. The largest absolute Gasteiger partial charge is 0.0843 e. The van der Waals surface area contributed by atoms with Crippen molar-refractivity contribution < 1.29 is 0 Å². The minimum Gasteiger partial charge on any atom is -0.0843 e. The van der Waals surface area contributed by atoms with E-state index in [1.165, 1.54) is 6.42 Å². The Labute approximate surface area is 64.6 Å². The van der Waals surface area contributed by atoms with Gasteiger partial charge in [0, 0.05) is 0 Å². The van der Waals surface area contributed by atoms with Crippen LogP contribution in [0.2, 0.25) is 0 Å². The summed E-state index contributed by atoms with van der Waals surface area (Å²) in [5.41, 5.74) is 0.892. The topological polar surface area (TPSA) is 0 Å². The van der Waals surface area contributed by atoms with Crippen LogP contribution in [0.25, 0.3) is 0 Å². The minimum atomic E-state index is 0.794. The van der Waals surface area contributed by atoms with Crippen molar-refractivity contribution in [2.24, 2.45) is 5.92 Å². The van der Waals surface area contributed by atoms with Crippen molar-refractivity contribution in [2.45, 2.75) is 33.6 Å². The molecule has 0 saturated heterocycles. The van der Waals surface area contributed by atoms with Crippen molar-refractivity contribution in [2.75, 3.05) is 0 Å². The van der Waals surface area contributed by atoms with Gasteiger partial charge in [-0.05, 0) is 25.7 Å². The lowest BCUT2D eigenvalue weighted by molar-refractivity contribution is 0.594. The smallest absolute Gasteiger partial charge is 0.0345 e. The summed E-state index contributed by atoms with van der Waals surface area (Å²) < 4.78 is 0. The molecule has 0 fully saturated rings. The van der Waals surface area contributed by atoms with E-state index in [0.29, 0.717) is 0 Å². The molecule has 0 aliphatic heterocycles. The number of allylic oxidation sites excluding steroid dienone is 3. The maximum absolute atomic E-state index is 5.44. The van der Waals surface area contributed by atoms with Crippen LogP contribution < -0.4 is 0 Å². The van der Waals surface area contributed by atoms with Gasteiger partial charge in [0.2, 0.25) is 0 Å². The van der Waals surface area contributed by atoms with E-state index in [1.54, 1.807) is 0 Å². The fourth-order valence-electron chi connectivity index (χ4n) is 0.699. The van der Waals surface area contributed by atoms with Crippen LogP contribution in [-0.2, 0) is 0 Å². The van der Waals surface area contributed by atoms with E-state index in [0.717, 1.165) is 17.9 Å². The summed E-state index contributed by atoms with van der Waals surface area (Å²) >= 11 is 0. The summed E-state index contributed by atoms with van der Waals surface area (Å²) in [5, 5.41) is 0. The standard InChI is InChI=1S/C10H17/c1-9(2)7-5-6-8-10(3)4/h1,5,7,10H,6,8H2,2-4H3. The molecule has 0 heterocycles. The molecule has 0 spiro atoms. The Kier molecular flexibility index (Phi) is 5.00. The summed E-state index contributed by atoms with van der Waals surface area (Å²) in [6, 6.07) is 0. The Morgan fingerprint density at radius 1 is 1.50 bits per heavy atom. The molecule has 57 valence electrons. The van der Waals surface area contributed by atoms with Crippen LogP contribution in [0.15, 0.2) is 17.7 Å². The summed E-state index contributed by atoms with van der Waals surface area (Å²) in [6.07, 6.45) is 6.51. The van der Waals surface area contributed by atoms with Gasteiger partial charge in [-0.1, -0.05) is 38.2 Å². The number of hydrogen-bond donors (Lipinski definition) is 0. The normalized spacial score (nSPS) is 11.2. The average Bonchev–Trinajstić information content (AvgIpc) is 1.79. The van der Waals surface area contributed by atoms with Crippen LogP contribution in [0.1, 0.15) is 33.6 Å². The van der Waals surface area contributed by atoms with E-state index in [9.17, 15) is 0 Å². The Balaban J connectivity index is 3.27. The Morgan fingerprint density at radius 2 is 2.10 bits per heavy atom. The van der Waals surface area contributed by atoms with Crippen molar-refractivity contribution in [3.8, 4) is 0 Å². The molecule has 1 radical (unpaired) electrons. The fraction of sp³-hybridized carbons (Fsp3) is 0.600. The molecule has 0 bridgehead atoms. The zero-order valence-corrected chi connectivity index (χ0v) is 7.22. The number of hydrogen-bond acceptors (Lipinski definition) is 0. The van der Waals surface area contributed by atoms with Crippen LogP contribution in [0, 0.1) is 12.5 Å². The third-order valence-electron chi connectivity index (χ3n) is 1.29. The van der Waals surface area contributed by atoms with Crippen molar-refractivity contribution in [1.82, 2.24) is 0 Å². The SMILES string of the molecule is [CH]=C(C)C=CCCC(C)C. The third kappa shape index (κ3) is 7.48. The van der Waals surface area contributed by atoms with Crippen LogP contribution in [0.4, 0.5) is 0 Å². The highest BCUT2D eigenvalue weighted by Crippen LogP contribution is 2.04. The molecule has 0 unspecified atom stereocenters. The van der Waals surface area contributed by atoms with Gasteiger partial charge in [0.05, 0.1) is 0 Å². The first-order chi connectivity index (χ1) is 4.63. The molecule has 10 heavy (non-hydrogen) atoms. The van der Waals surface area contributed by atoms with E-state index in [2.05, 4.69) is 19.9 Å². The Bertz CT molecular complexity index is 118. The maximum atomic E-state index is 5.44. The van der Waals surface area contributed by atoms with Gasteiger partial charge in [0.1, 0.15) is 0 Å². The summed E-state index contributed by atoms with van der Waals surface area (Å²) in [7, 11) is 0. The lowest BCUT2D eigenvalue weighted by Crippen LogP contribution is -1.83. The molecule has 0 atom stereocenters. The van der Waals surface area contributed by atoms with Crippen molar-refractivity contribution in [3.63, 3.8) is 0 Å². The van der Waals surface area contributed by atoms with Crippen molar-refractivity contribution in [3.05, 3.63) is 24.3 Å². The molecule has 0 N–H and O–H groups in total. The Morgan fingerprint density at radius 3 is 2.50 bits per heavy atom. The highest BCUT2D eigenvalue weighted by atomic mass is 13.9. The van der Waals surface area contributed by atoms with Gasteiger partial charge in [-0.25, -0.2) is 0 Å². The molecule has 0 aromatic heterocycles. The molecule has 0 heteroatoms. The third-order valence-corrected chi connectivity index (χ3v) is 1.29. The average molecular weight is 137 g/mol. The van der Waals surface area contributed by atoms with Gasteiger partial charge in [0.25, 0.3) is 0 Å². The van der Waals surface area contributed by atoms with E-state index < -0.39 is 0 Å². The second-order valence-corrected chi connectivity index (χ2v) is 3.12. The van der Waals surface area contributed by atoms with E-state index in [1.807, 2.05) is 13.0 Å². The molecular weight excluding hydrogens is 120 g/mol. The molecule has 0 rings (SSSR count). The molecule has 0 aromatic rings. The van der Waals surface area contributed by atoms with Crippen LogP contribution >= 0.6 is 0 Å². The van der Waals surface area contributed by atoms with Crippen molar-refractivity contribution in [1.29, 1.82) is 0 Å². The first-order valence-corrected chi connectivity index (χ1v) is 3.88. The predicted octanol–water partition coefficient (Wildman–Crippen LogP) is 3.36. The molecule has 0 saturated carbocycles. The van der Waals surface area contributed by atoms with Gasteiger partial charge in [0.15, 0.2) is 0 Å². The molecule has 0 nitrogen and oxygen atoms in total. The second-order valence-electron chi connectivity index (χ2n) is 3.12. The van der Waals surface area contributed by atoms with Crippen molar-refractivity contribution >= 4 is 0 Å². The molecule has 0 aliphatic carbocycles. The highest BCUT2D eigenvalue weighted by Gasteiger charge is 1.88. The zero-order valence-electron chi connectivity index (χ0n) is 7.22. The summed E-state index contributed by atoms with van der Waals surface area (Å²) in [4.78, 5) is 0. The lowest BCUT2D eigenvalue weighted by atomic mass is 10.1. The predicted molar refractivity (Wildman–Crippen MR) is 46.7 cm³/mol. The van der Waals surface area contributed by atoms with Gasteiger partial charge in [-0.2, -0.15) is 0 Å². The van der Waals surface area contributed by atoms with Gasteiger partial charge in [-0.3, -0.25) is 0 Å². The highest BCUT2D eigenvalue weighted by molar-refractivity contribution is 5.08. The summed E-state index contributed by atoms with van der Waals surface area (Å²) in [5.74, 6) is 0.794. The molecule has 0 aromatic carbocycles. The lowest BCUT2D eigenvalue weighted by Gasteiger charge is -1.98. The zero-order chi connectivity index (χ0) is 7.98. The van der Waals surface area contributed by atoms with E-state index in [4.69, 9.17) is 6.58 Å². The quantitative estimate of drug-likeness (QED) is 0.521.